The molecule has 0 spiro atoms. The lowest BCUT2D eigenvalue weighted by Crippen LogP contribution is -2.13. The third-order valence-electron chi connectivity index (χ3n) is 3.08. The molecule has 19 heavy (non-hydrogen) atoms. The molecule has 4 heteroatoms. The van der Waals surface area contributed by atoms with Crippen molar-refractivity contribution in [1.82, 2.24) is 15.3 Å². The molecule has 0 aromatic carbocycles. The summed E-state index contributed by atoms with van der Waals surface area (Å²) in [7, 11) is 0. The second-order valence-corrected chi connectivity index (χ2v) is 5.65. The van der Waals surface area contributed by atoms with E-state index in [2.05, 4.69) is 42.1 Å². The summed E-state index contributed by atoms with van der Waals surface area (Å²) < 4.78 is 0. The molecule has 0 unspecified atom stereocenters. The normalized spacial score (nSPS) is 10.9. The van der Waals surface area contributed by atoms with Gasteiger partial charge in [0.25, 0.3) is 0 Å². The van der Waals surface area contributed by atoms with Crippen LogP contribution in [0.2, 0.25) is 0 Å². The molecule has 0 aliphatic carbocycles. The van der Waals surface area contributed by atoms with Gasteiger partial charge < -0.3 is 5.32 Å². The van der Waals surface area contributed by atoms with Crippen LogP contribution in [0.25, 0.3) is 10.7 Å². The Morgan fingerprint density at radius 1 is 1.32 bits per heavy atom. The highest BCUT2D eigenvalue weighted by molar-refractivity contribution is 7.15. The van der Waals surface area contributed by atoms with Gasteiger partial charge in [-0.1, -0.05) is 19.9 Å². The van der Waals surface area contributed by atoms with Gasteiger partial charge >= 0.3 is 0 Å². The molecule has 0 atom stereocenters. The number of rotatable bonds is 6. The minimum atomic E-state index is 0.908. The molecule has 0 radical (unpaired) electrons. The lowest BCUT2D eigenvalue weighted by Gasteiger charge is -2.02. The highest BCUT2D eigenvalue weighted by atomic mass is 32.1. The van der Waals surface area contributed by atoms with Crippen molar-refractivity contribution < 1.29 is 0 Å². The standard InChI is InChI=1S/C15H21N3S/c1-4-8-16-10-13-11(3)18-15(19-13)14-12(5-2)7-6-9-17-14/h6-7,9,16H,4-5,8,10H2,1-3H3. The molecule has 0 aliphatic rings. The number of pyridine rings is 1. The fourth-order valence-corrected chi connectivity index (χ4v) is 3.05. The van der Waals surface area contributed by atoms with Crippen molar-refractivity contribution in [1.29, 1.82) is 0 Å². The molecule has 0 bridgehead atoms. The van der Waals surface area contributed by atoms with Crippen molar-refractivity contribution in [2.75, 3.05) is 6.54 Å². The zero-order valence-electron chi connectivity index (χ0n) is 11.9. The summed E-state index contributed by atoms with van der Waals surface area (Å²) in [5, 5.41) is 4.48. The first-order valence-electron chi connectivity index (χ1n) is 6.87. The number of aryl methyl sites for hydroxylation is 2. The van der Waals surface area contributed by atoms with Crippen LogP contribution in [-0.4, -0.2) is 16.5 Å². The van der Waals surface area contributed by atoms with Crippen molar-refractivity contribution >= 4 is 11.3 Å². The van der Waals surface area contributed by atoms with Crippen molar-refractivity contribution in [2.24, 2.45) is 0 Å². The highest BCUT2D eigenvalue weighted by Crippen LogP contribution is 2.28. The summed E-state index contributed by atoms with van der Waals surface area (Å²) in [6.07, 6.45) is 4.00. The third kappa shape index (κ3) is 3.39. The number of thiazole rings is 1. The maximum absolute atomic E-state index is 4.68. The van der Waals surface area contributed by atoms with Crippen LogP contribution in [-0.2, 0) is 13.0 Å². The Kier molecular flexibility index (Phi) is 5.05. The van der Waals surface area contributed by atoms with Gasteiger partial charge in [-0.2, -0.15) is 0 Å². The van der Waals surface area contributed by atoms with Gasteiger partial charge in [0.05, 0.1) is 5.69 Å². The second-order valence-electron chi connectivity index (χ2n) is 4.57. The largest absolute Gasteiger partial charge is 0.312 e. The SMILES string of the molecule is CCCNCc1sc(-c2ncccc2CC)nc1C. The maximum atomic E-state index is 4.68. The summed E-state index contributed by atoms with van der Waals surface area (Å²) in [5.41, 5.74) is 3.43. The molecule has 3 nitrogen and oxygen atoms in total. The zero-order chi connectivity index (χ0) is 13.7. The van der Waals surface area contributed by atoms with Gasteiger partial charge in [-0.15, -0.1) is 11.3 Å². The van der Waals surface area contributed by atoms with E-state index in [1.165, 1.54) is 10.4 Å². The van der Waals surface area contributed by atoms with Crippen molar-refractivity contribution in [3.05, 3.63) is 34.5 Å². The van der Waals surface area contributed by atoms with E-state index < -0.39 is 0 Å². The fraction of sp³-hybridized carbons (Fsp3) is 0.467. The van der Waals surface area contributed by atoms with Gasteiger partial charge in [0.15, 0.2) is 0 Å². The first kappa shape index (κ1) is 14.2. The van der Waals surface area contributed by atoms with Crippen LogP contribution < -0.4 is 5.32 Å². The Hall–Kier alpha value is -1.26. The third-order valence-corrected chi connectivity index (χ3v) is 4.24. The highest BCUT2D eigenvalue weighted by Gasteiger charge is 2.12. The van der Waals surface area contributed by atoms with Crippen LogP contribution in [0.3, 0.4) is 0 Å². The Bertz CT molecular complexity index is 534. The van der Waals surface area contributed by atoms with Crippen LogP contribution in [0.1, 0.15) is 36.4 Å². The number of nitrogens with one attached hydrogen (secondary N) is 1. The Balaban J connectivity index is 2.23. The summed E-state index contributed by atoms with van der Waals surface area (Å²) in [6.45, 7) is 8.38. The topological polar surface area (TPSA) is 37.8 Å². The van der Waals surface area contributed by atoms with Gasteiger partial charge in [-0.25, -0.2) is 4.98 Å². The van der Waals surface area contributed by atoms with Crippen molar-refractivity contribution in [3.8, 4) is 10.7 Å². The molecule has 2 aromatic rings. The minimum Gasteiger partial charge on any atom is -0.312 e. The Morgan fingerprint density at radius 2 is 2.16 bits per heavy atom. The van der Waals surface area contributed by atoms with Crippen molar-refractivity contribution in [3.63, 3.8) is 0 Å². The number of aromatic nitrogens is 2. The average Bonchev–Trinajstić information content (AvgIpc) is 2.80. The number of hydrogen-bond donors (Lipinski definition) is 1. The summed E-state index contributed by atoms with van der Waals surface area (Å²) >= 11 is 1.76. The molecule has 0 fully saturated rings. The first-order valence-corrected chi connectivity index (χ1v) is 7.69. The smallest absolute Gasteiger partial charge is 0.142 e. The molecular weight excluding hydrogens is 254 g/mol. The van der Waals surface area contributed by atoms with Gasteiger partial charge in [0, 0.05) is 17.6 Å². The molecular formula is C15H21N3S. The second kappa shape index (κ2) is 6.78. The summed E-state index contributed by atoms with van der Waals surface area (Å²) in [5.74, 6) is 0. The van der Waals surface area contributed by atoms with E-state index in [1.54, 1.807) is 11.3 Å². The van der Waals surface area contributed by atoms with Gasteiger partial charge in [0.1, 0.15) is 10.7 Å². The van der Waals surface area contributed by atoms with E-state index in [1.807, 2.05) is 12.3 Å². The fourth-order valence-electron chi connectivity index (χ4n) is 1.99. The molecule has 2 rings (SSSR count). The number of nitrogens with zero attached hydrogens (tertiary/aromatic N) is 2. The van der Waals surface area contributed by atoms with Crippen LogP contribution in [0.5, 0.6) is 0 Å². The monoisotopic (exact) mass is 275 g/mol. The van der Waals surface area contributed by atoms with Crippen LogP contribution in [0.4, 0.5) is 0 Å². The predicted octanol–water partition coefficient (Wildman–Crippen LogP) is 3.58. The van der Waals surface area contributed by atoms with E-state index in [0.29, 0.717) is 0 Å². The van der Waals surface area contributed by atoms with Gasteiger partial charge in [-0.3, -0.25) is 4.98 Å². The van der Waals surface area contributed by atoms with E-state index >= 15 is 0 Å². The van der Waals surface area contributed by atoms with Crippen LogP contribution in [0, 0.1) is 6.92 Å². The molecule has 2 aromatic heterocycles. The van der Waals surface area contributed by atoms with Crippen LogP contribution in [0.15, 0.2) is 18.3 Å². The minimum absolute atomic E-state index is 0.908. The Labute approximate surface area is 119 Å². The Morgan fingerprint density at radius 3 is 2.89 bits per heavy atom. The summed E-state index contributed by atoms with van der Waals surface area (Å²) in [4.78, 5) is 10.5. The molecule has 1 N–H and O–H groups in total. The van der Waals surface area contributed by atoms with E-state index in [-0.39, 0.29) is 0 Å². The lowest BCUT2D eigenvalue weighted by molar-refractivity contribution is 0.678. The first-order chi connectivity index (χ1) is 9.26. The molecule has 0 saturated carbocycles. The van der Waals surface area contributed by atoms with Crippen molar-refractivity contribution in [2.45, 2.75) is 40.2 Å². The molecule has 0 saturated heterocycles. The lowest BCUT2D eigenvalue weighted by atomic mass is 10.1. The molecule has 0 aliphatic heterocycles. The predicted molar refractivity (Wildman–Crippen MR) is 81.5 cm³/mol. The van der Waals surface area contributed by atoms with E-state index in [0.717, 1.165) is 42.3 Å². The van der Waals surface area contributed by atoms with Gasteiger partial charge in [0.2, 0.25) is 0 Å². The average molecular weight is 275 g/mol. The summed E-state index contributed by atoms with van der Waals surface area (Å²) in [6, 6.07) is 4.13. The van der Waals surface area contributed by atoms with E-state index in [4.69, 9.17) is 0 Å². The molecule has 102 valence electrons. The maximum Gasteiger partial charge on any atom is 0.142 e. The molecule has 0 amide bonds. The van der Waals surface area contributed by atoms with Crippen LogP contribution >= 0.6 is 11.3 Å². The van der Waals surface area contributed by atoms with Gasteiger partial charge in [-0.05, 0) is 37.9 Å². The quantitative estimate of drug-likeness (QED) is 0.819. The molecule has 2 heterocycles. The number of hydrogen-bond acceptors (Lipinski definition) is 4. The van der Waals surface area contributed by atoms with E-state index in [9.17, 15) is 0 Å². The zero-order valence-corrected chi connectivity index (χ0v) is 12.7.